The highest BCUT2D eigenvalue weighted by molar-refractivity contribution is 7.13. The fourth-order valence-electron chi connectivity index (χ4n) is 3.65. The Morgan fingerprint density at radius 3 is 2.45 bits per heavy atom. The Bertz CT molecular complexity index is 1190. The van der Waals surface area contributed by atoms with E-state index in [4.69, 9.17) is 4.74 Å². The van der Waals surface area contributed by atoms with Gasteiger partial charge < -0.3 is 14.6 Å². The molecule has 4 aromatic rings. The van der Waals surface area contributed by atoms with Gasteiger partial charge in [-0.15, -0.1) is 11.3 Å². The van der Waals surface area contributed by atoms with E-state index in [0.29, 0.717) is 6.42 Å². The van der Waals surface area contributed by atoms with E-state index in [1.807, 2.05) is 56.8 Å². The molecule has 1 aromatic carbocycles. The largest absolute Gasteiger partial charge is 0.444 e. The second-order valence-electron chi connectivity index (χ2n) is 8.84. The van der Waals surface area contributed by atoms with E-state index in [1.165, 1.54) is 10.4 Å². The van der Waals surface area contributed by atoms with Gasteiger partial charge >= 0.3 is 6.09 Å². The minimum atomic E-state index is -0.587. The smallest absolute Gasteiger partial charge is 0.408 e. The summed E-state index contributed by atoms with van der Waals surface area (Å²) in [7, 11) is 1.97. The molecule has 4 rings (SSSR count). The first-order valence-electron chi connectivity index (χ1n) is 10.9. The standard InChI is InChI=1S/C26H28N4O2S/c1-26(2,3)32-25(31)29-21(16-20-8-5-6-14-27-20)24-28-17-22(30(24)4)18-10-12-19(13-11-18)23-9-7-15-33-23/h5-15,17,21H,16H2,1-4H3,(H,29,31). The number of hydrogen-bond acceptors (Lipinski definition) is 5. The number of hydrogen-bond donors (Lipinski definition) is 1. The number of pyridine rings is 1. The highest BCUT2D eigenvalue weighted by Gasteiger charge is 2.25. The molecule has 0 radical (unpaired) electrons. The third-order valence-corrected chi connectivity index (χ3v) is 6.07. The summed E-state index contributed by atoms with van der Waals surface area (Å²) in [6.45, 7) is 5.54. The molecule has 0 aliphatic rings. The number of benzene rings is 1. The fraction of sp³-hybridized carbons (Fsp3) is 0.269. The van der Waals surface area contributed by atoms with Crippen molar-refractivity contribution in [2.45, 2.75) is 38.8 Å². The van der Waals surface area contributed by atoms with Gasteiger partial charge in [0.2, 0.25) is 0 Å². The Hall–Kier alpha value is -3.45. The van der Waals surface area contributed by atoms with Gasteiger partial charge in [-0.05, 0) is 55.5 Å². The lowest BCUT2D eigenvalue weighted by Crippen LogP contribution is -2.36. The molecular weight excluding hydrogens is 432 g/mol. The van der Waals surface area contributed by atoms with Gasteiger partial charge in [0.05, 0.1) is 17.9 Å². The van der Waals surface area contributed by atoms with E-state index in [1.54, 1.807) is 17.5 Å². The van der Waals surface area contributed by atoms with E-state index in [0.717, 1.165) is 22.8 Å². The van der Waals surface area contributed by atoms with Crippen molar-refractivity contribution in [2.75, 3.05) is 0 Å². The van der Waals surface area contributed by atoms with Crippen molar-refractivity contribution in [2.24, 2.45) is 7.05 Å². The van der Waals surface area contributed by atoms with Crippen LogP contribution in [0.4, 0.5) is 4.79 Å². The number of carbonyl (C=O) groups excluding carboxylic acids is 1. The van der Waals surface area contributed by atoms with Crippen LogP contribution >= 0.6 is 11.3 Å². The van der Waals surface area contributed by atoms with Gasteiger partial charge in [-0.25, -0.2) is 9.78 Å². The Kier molecular flexibility index (Phi) is 6.60. The van der Waals surface area contributed by atoms with E-state index in [9.17, 15) is 4.79 Å². The average Bonchev–Trinajstić information content (AvgIpc) is 3.43. The number of nitrogens with zero attached hydrogens (tertiary/aromatic N) is 3. The highest BCUT2D eigenvalue weighted by atomic mass is 32.1. The van der Waals surface area contributed by atoms with Gasteiger partial charge in [-0.1, -0.05) is 36.4 Å². The minimum absolute atomic E-state index is 0.390. The second-order valence-corrected chi connectivity index (χ2v) is 9.79. The van der Waals surface area contributed by atoms with E-state index < -0.39 is 11.7 Å². The molecule has 0 aliphatic heterocycles. The van der Waals surface area contributed by atoms with Crippen LogP contribution < -0.4 is 5.32 Å². The third-order valence-electron chi connectivity index (χ3n) is 5.15. The molecule has 0 saturated heterocycles. The Balaban J connectivity index is 1.61. The van der Waals surface area contributed by atoms with Gasteiger partial charge in [0.15, 0.2) is 0 Å². The van der Waals surface area contributed by atoms with E-state index >= 15 is 0 Å². The first-order valence-corrected chi connectivity index (χ1v) is 11.7. The summed E-state index contributed by atoms with van der Waals surface area (Å²) in [5, 5.41) is 5.07. The van der Waals surface area contributed by atoms with E-state index in [-0.39, 0.29) is 6.04 Å². The quantitative estimate of drug-likeness (QED) is 0.382. The molecule has 170 valence electrons. The monoisotopic (exact) mass is 460 g/mol. The predicted octanol–water partition coefficient (Wildman–Crippen LogP) is 6.02. The SMILES string of the molecule is Cn1c(-c2ccc(-c3cccs3)cc2)cnc1C(Cc1ccccn1)NC(=O)OC(C)(C)C. The van der Waals surface area contributed by atoms with Crippen molar-refractivity contribution in [1.82, 2.24) is 19.9 Å². The summed E-state index contributed by atoms with van der Waals surface area (Å²) in [5.41, 5.74) is 3.50. The average molecular weight is 461 g/mol. The number of carbonyl (C=O) groups is 1. The van der Waals surface area contributed by atoms with Gasteiger partial charge in [0.1, 0.15) is 11.4 Å². The van der Waals surface area contributed by atoms with Crippen LogP contribution in [-0.2, 0) is 18.2 Å². The van der Waals surface area contributed by atoms with Crippen LogP contribution in [0, 0.1) is 0 Å². The number of thiophene rings is 1. The number of imidazole rings is 1. The maximum Gasteiger partial charge on any atom is 0.408 e. The van der Waals surface area contributed by atoms with Gasteiger partial charge in [0, 0.05) is 30.2 Å². The summed E-state index contributed by atoms with van der Waals surface area (Å²) in [4.78, 5) is 22.9. The molecule has 0 fully saturated rings. The Morgan fingerprint density at radius 2 is 1.82 bits per heavy atom. The number of aromatic nitrogens is 3. The molecule has 1 amide bonds. The van der Waals surface area contributed by atoms with Gasteiger partial charge in [-0.3, -0.25) is 4.98 Å². The van der Waals surface area contributed by atoms with E-state index in [2.05, 4.69) is 57.1 Å². The maximum absolute atomic E-state index is 12.6. The molecule has 3 heterocycles. The molecule has 6 nitrogen and oxygen atoms in total. The zero-order chi connectivity index (χ0) is 23.4. The molecular formula is C26H28N4O2S. The third kappa shape index (κ3) is 5.68. The summed E-state index contributed by atoms with van der Waals surface area (Å²) in [6.07, 6.45) is 3.62. The minimum Gasteiger partial charge on any atom is -0.444 e. The molecule has 0 spiro atoms. The fourth-order valence-corrected chi connectivity index (χ4v) is 4.38. The van der Waals surface area contributed by atoms with Crippen LogP contribution in [0.15, 0.2) is 72.4 Å². The Labute approximate surface area is 198 Å². The number of alkyl carbamates (subject to hydrolysis) is 1. The van der Waals surface area contributed by atoms with Crippen LogP contribution in [0.25, 0.3) is 21.7 Å². The zero-order valence-electron chi connectivity index (χ0n) is 19.3. The molecule has 1 N–H and O–H groups in total. The maximum atomic E-state index is 12.6. The topological polar surface area (TPSA) is 69.0 Å². The molecule has 1 atom stereocenters. The van der Waals surface area contributed by atoms with Crippen LogP contribution in [0.2, 0.25) is 0 Å². The first-order chi connectivity index (χ1) is 15.8. The molecule has 0 saturated carbocycles. The highest BCUT2D eigenvalue weighted by Crippen LogP contribution is 2.29. The van der Waals surface area contributed by atoms with Crippen molar-refractivity contribution in [1.29, 1.82) is 0 Å². The lowest BCUT2D eigenvalue weighted by Gasteiger charge is -2.23. The first kappa shape index (κ1) is 22.7. The summed E-state index contributed by atoms with van der Waals surface area (Å²) in [5.74, 6) is 0.740. The molecule has 1 unspecified atom stereocenters. The van der Waals surface area contributed by atoms with Crippen molar-refractivity contribution in [3.05, 3.63) is 83.9 Å². The molecule has 0 aliphatic carbocycles. The predicted molar refractivity (Wildman–Crippen MR) is 132 cm³/mol. The number of nitrogens with one attached hydrogen (secondary N) is 1. The van der Waals surface area contributed by atoms with Crippen molar-refractivity contribution in [3.8, 4) is 21.7 Å². The molecule has 0 bridgehead atoms. The summed E-state index contributed by atoms with van der Waals surface area (Å²) < 4.78 is 7.52. The molecule has 33 heavy (non-hydrogen) atoms. The van der Waals surface area contributed by atoms with Crippen LogP contribution in [0.1, 0.15) is 38.3 Å². The van der Waals surface area contributed by atoms with Crippen LogP contribution in [0.3, 0.4) is 0 Å². The lowest BCUT2D eigenvalue weighted by molar-refractivity contribution is 0.0500. The van der Waals surface area contributed by atoms with Gasteiger partial charge in [0.25, 0.3) is 0 Å². The van der Waals surface area contributed by atoms with Crippen molar-refractivity contribution in [3.63, 3.8) is 0 Å². The second kappa shape index (κ2) is 9.58. The van der Waals surface area contributed by atoms with Gasteiger partial charge in [-0.2, -0.15) is 0 Å². The number of ether oxygens (including phenoxy) is 1. The number of rotatable bonds is 6. The molecule has 7 heteroatoms. The summed E-state index contributed by atoms with van der Waals surface area (Å²) >= 11 is 1.72. The summed E-state index contributed by atoms with van der Waals surface area (Å²) in [6, 6.07) is 18.0. The van der Waals surface area contributed by atoms with Crippen LogP contribution in [0.5, 0.6) is 0 Å². The lowest BCUT2D eigenvalue weighted by atomic mass is 10.1. The molecule has 3 aromatic heterocycles. The van der Waals surface area contributed by atoms with Crippen molar-refractivity contribution < 1.29 is 9.53 Å². The Morgan fingerprint density at radius 1 is 1.06 bits per heavy atom. The van der Waals surface area contributed by atoms with Crippen LogP contribution in [-0.4, -0.2) is 26.2 Å². The number of amides is 1. The zero-order valence-corrected chi connectivity index (χ0v) is 20.1. The normalized spacial score (nSPS) is 12.4. The van der Waals surface area contributed by atoms with Crippen molar-refractivity contribution >= 4 is 17.4 Å².